The average Bonchev–Trinajstić information content (AvgIpc) is 2.53. The van der Waals surface area contributed by atoms with Gasteiger partial charge in [-0.25, -0.2) is 8.42 Å². The summed E-state index contributed by atoms with van der Waals surface area (Å²) < 4.78 is 32.9. The van der Waals surface area contributed by atoms with E-state index in [1.165, 1.54) is 4.31 Å². The van der Waals surface area contributed by atoms with Crippen LogP contribution >= 0.6 is 0 Å². The third-order valence-electron chi connectivity index (χ3n) is 4.35. The lowest BCUT2D eigenvalue weighted by molar-refractivity contribution is 0.151. The van der Waals surface area contributed by atoms with Gasteiger partial charge in [-0.05, 0) is 44.0 Å². The second kappa shape index (κ2) is 7.61. The molecule has 0 unspecified atom stereocenters. The molecular formula is C16H26N2O4S. The predicted molar refractivity (Wildman–Crippen MR) is 89.4 cm³/mol. The number of nitrogens with zero attached hydrogens (tertiary/aromatic N) is 2. The van der Waals surface area contributed by atoms with Gasteiger partial charge in [-0.1, -0.05) is 0 Å². The van der Waals surface area contributed by atoms with Crippen molar-refractivity contribution in [2.24, 2.45) is 0 Å². The highest BCUT2D eigenvalue weighted by Gasteiger charge is 2.30. The summed E-state index contributed by atoms with van der Waals surface area (Å²) in [6.45, 7) is 9.07. The molecule has 0 bridgehead atoms. The lowest BCUT2D eigenvalue weighted by Crippen LogP contribution is -2.49. The van der Waals surface area contributed by atoms with Crippen molar-refractivity contribution in [3.63, 3.8) is 0 Å². The Labute approximate surface area is 138 Å². The first-order valence-corrected chi connectivity index (χ1v) is 9.42. The molecule has 0 atom stereocenters. The Morgan fingerprint density at radius 3 is 2.35 bits per heavy atom. The fourth-order valence-electron chi connectivity index (χ4n) is 2.84. The summed E-state index contributed by atoms with van der Waals surface area (Å²) in [4.78, 5) is 2.43. The number of benzene rings is 1. The maximum Gasteiger partial charge on any atom is 0.243 e. The quantitative estimate of drug-likeness (QED) is 0.835. The molecule has 1 aromatic carbocycles. The van der Waals surface area contributed by atoms with Gasteiger partial charge in [0, 0.05) is 32.7 Å². The minimum Gasteiger partial charge on any atom is -0.494 e. The third-order valence-corrected chi connectivity index (χ3v) is 6.40. The normalized spacial score (nSPS) is 17.4. The lowest BCUT2D eigenvalue weighted by atomic mass is 10.1. The number of rotatable bonds is 6. The molecule has 1 heterocycles. The van der Waals surface area contributed by atoms with Crippen LogP contribution < -0.4 is 4.74 Å². The van der Waals surface area contributed by atoms with E-state index in [2.05, 4.69) is 4.90 Å². The van der Waals surface area contributed by atoms with Crippen LogP contribution in [0.4, 0.5) is 0 Å². The van der Waals surface area contributed by atoms with E-state index in [0.29, 0.717) is 44.2 Å². The first-order chi connectivity index (χ1) is 10.9. The number of ether oxygens (including phenoxy) is 1. The zero-order valence-electron chi connectivity index (χ0n) is 14.1. The molecule has 1 aliphatic rings. The van der Waals surface area contributed by atoms with E-state index in [0.717, 1.165) is 16.9 Å². The Morgan fingerprint density at radius 2 is 1.78 bits per heavy atom. The van der Waals surface area contributed by atoms with Crippen LogP contribution in [0.3, 0.4) is 0 Å². The first-order valence-electron chi connectivity index (χ1n) is 7.98. The summed E-state index contributed by atoms with van der Waals surface area (Å²) in [5, 5.41) is 8.97. The molecule has 0 radical (unpaired) electrons. The number of aliphatic hydroxyl groups is 1. The monoisotopic (exact) mass is 342 g/mol. The topological polar surface area (TPSA) is 70.1 Å². The molecule has 2 rings (SSSR count). The van der Waals surface area contributed by atoms with Crippen LogP contribution in [-0.4, -0.2) is 68.7 Å². The van der Waals surface area contributed by atoms with Crippen LogP contribution in [-0.2, 0) is 10.0 Å². The molecule has 1 N–H and O–H groups in total. The van der Waals surface area contributed by atoms with Crippen LogP contribution in [0.15, 0.2) is 17.0 Å². The van der Waals surface area contributed by atoms with Crippen molar-refractivity contribution >= 4 is 10.0 Å². The van der Waals surface area contributed by atoms with Crippen molar-refractivity contribution in [1.29, 1.82) is 0 Å². The Morgan fingerprint density at radius 1 is 1.13 bits per heavy atom. The molecule has 0 amide bonds. The Bertz CT molecular complexity index is 638. The molecule has 0 aliphatic carbocycles. The third kappa shape index (κ3) is 3.85. The van der Waals surface area contributed by atoms with Crippen LogP contribution in [0, 0.1) is 13.8 Å². The van der Waals surface area contributed by atoms with E-state index in [1.807, 2.05) is 20.8 Å². The summed E-state index contributed by atoms with van der Waals surface area (Å²) in [5.41, 5.74) is 1.61. The van der Waals surface area contributed by atoms with Gasteiger partial charge in [0.05, 0.1) is 18.1 Å². The maximum absolute atomic E-state index is 12.9. The summed E-state index contributed by atoms with van der Waals surface area (Å²) in [6, 6.07) is 3.38. The summed E-state index contributed by atoms with van der Waals surface area (Å²) in [5.74, 6) is 0.733. The number of aliphatic hydroxyl groups excluding tert-OH is 1. The molecule has 6 nitrogen and oxygen atoms in total. The van der Waals surface area contributed by atoms with E-state index in [-0.39, 0.29) is 6.61 Å². The predicted octanol–water partition coefficient (Wildman–Crippen LogP) is 1.00. The second-order valence-corrected chi connectivity index (χ2v) is 7.62. The van der Waals surface area contributed by atoms with E-state index >= 15 is 0 Å². The van der Waals surface area contributed by atoms with E-state index in [1.54, 1.807) is 12.1 Å². The smallest absolute Gasteiger partial charge is 0.243 e. The molecule has 1 aromatic rings. The van der Waals surface area contributed by atoms with Crippen LogP contribution in [0.25, 0.3) is 0 Å². The summed E-state index contributed by atoms with van der Waals surface area (Å²) in [7, 11) is -3.50. The van der Waals surface area contributed by atoms with Gasteiger partial charge in [0.1, 0.15) is 5.75 Å². The average molecular weight is 342 g/mol. The molecule has 0 aromatic heterocycles. The molecule has 1 fully saturated rings. The zero-order valence-corrected chi connectivity index (χ0v) is 14.9. The molecule has 130 valence electrons. The van der Waals surface area contributed by atoms with Gasteiger partial charge in [0.2, 0.25) is 10.0 Å². The number of sulfonamides is 1. The van der Waals surface area contributed by atoms with Crippen LogP contribution in [0.5, 0.6) is 5.75 Å². The van der Waals surface area contributed by atoms with Crippen LogP contribution in [0.2, 0.25) is 0 Å². The Kier molecular flexibility index (Phi) is 6.02. The second-order valence-electron chi connectivity index (χ2n) is 5.71. The number of β-amino-alcohol motifs (C(OH)–C–C–N with tert-alkyl or cyclic N) is 1. The van der Waals surface area contributed by atoms with Gasteiger partial charge in [-0.15, -0.1) is 0 Å². The minimum absolute atomic E-state index is 0.101. The van der Waals surface area contributed by atoms with Crippen molar-refractivity contribution in [2.75, 3.05) is 45.9 Å². The van der Waals surface area contributed by atoms with Crippen molar-refractivity contribution < 1.29 is 18.3 Å². The molecule has 1 aliphatic heterocycles. The minimum atomic E-state index is -3.50. The Balaban J connectivity index is 2.22. The molecule has 0 saturated carbocycles. The van der Waals surface area contributed by atoms with Crippen molar-refractivity contribution in [2.45, 2.75) is 25.7 Å². The maximum atomic E-state index is 12.9. The molecular weight excluding hydrogens is 316 g/mol. The fraction of sp³-hybridized carbons (Fsp3) is 0.625. The van der Waals surface area contributed by atoms with E-state index in [4.69, 9.17) is 9.84 Å². The van der Waals surface area contributed by atoms with E-state index < -0.39 is 10.0 Å². The number of hydrogen-bond acceptors (Lipinski definition) is 5. The van der Waals surface area contributed by atoms with Gasteiger partial charge < -0.3 is 9.84 Å². The summed E-state index contributed by atoms with van der Waals surface area (Å²) >= 11 is 0. The van der Waals surface area contributed by atoms with Crippen LogP contribution in [0.1, 0.15) is 18.1 Å². The van der Waals surface area contributed by atoms with Gasteiger partial charge in [0.25, 0.3) is 0 Å². The molecule has 0 spiro atoms. The highest BCUT2D eigenvalue weighted by Crippen LogP contribution is 2.29. The molecule has 7 heteroatoms. The molecule has 23 heavy (non-hydrogen) atoms. The van der Waals surface area contributed by atoms with Crippen molar-refractivity contribution in [3.8, 4) is 5.75 Å². The van der Waals surface area contributed by atoms with Gasteiger partial charge in [-0.2, -0.15) is 4.31 Å². The number of hydrogen-bond donors (Lipinski definition) is 1. The van der Waals surface area contributed by atoms with E-state index in [9.17, 15) is 8.42 Å². The lowest BCUT2D eigenvalue weighted by Gasteiger charge is -2.34. The highest BCUT2D eigenvalue weighted by atomic mass is 32.2. The van der Waals surface area contributed by atoms with Crippen molar-refractivity contribution in [3.05, 3.63) is 23.3 Å². The fourth-order valence-corrected chi connectivity index (χ4v) is 4.54. The largest absolute Gasteiger partial charge is 0.494 e. The zero-order chi connectivity index (χ0) is 17.0. The SMILES string of the molecule is CCOc1ccc(S(=O)(=O)N2CCN(CCO)CC2)c(C)c1C. The van der Waals surface area contributed by atoms with Crippen molar-refractivity contribution in [1.82, 2.24) is 9.21 Å². The summed E-state index contributed by atoms with van der Waals surface area (Å²) in [6.07, 6.45) is 0. The first kappa shape index (κ1) is 18.2. The van der Waals surface area contributed by atoms with Gasteiger partial charge in [0.15, 0.2) is 0 Å². The highest BCUT2D eigenvalue weighted by molar-refractivity contribution is 7.89. The van der Waals surface area contributed by atoms with Gasteiger partial charge in [-0.3, -0.25) is 4.90 Å². The number of piperazine rings is 1. The van der Waals surface area contributed by atoms with Gasteiger partial charge >= 0.3 is 0 Å². The molecule has 1 saturated heterocycles. The Hall–Kier alpha value is -1.15. The standard InChI is InChI=1S/C16H26N2O4S/c1-4-22-15-5-6-16(14(3)13(15)2)23(20,21)18-9-7-17(8-10-18)11-12-19/h5-6,19H,4,7-12H2,1-3H3.